The smallest absolute Gasteiger partial charge is 0.324 e. The van der Waals surface area contributed by atoms with Crippen molar-refractivity contribution in [3.8, 4) is 0 Å². The zero-order valence-corrected chi connectivity index (χ0v) is 12.8. The molecule has 1 atom stereocenters. The van der Waals surface area contributed by atoms with E-state index in [4.69, 9.17) is 11.6 Å². The number of halogens is 4. The van der Waals surface area contributed by atoms with Crippen LogP contribution >= 0.6 is 11.6 Å². The molecule has 0 aliphatic rings. The van der Waals surface area contributed by atoms with E-state index in [-0.39, 0.29) is 22.6 Å². The van der Waals surface area contributed by atoms with Gasteiger partial charge in [0.2, 0.25) is 5.95 Å². The van der Waals surface area contributed by atoms with E-state index in [1.807, 2.05) is 13.8 Å². The molecule has 0 fully saturated rings. The van der Waals surface area contributed by atoms with Crippen molar-refractivity contribution in [1.82, 2.24) is 9.97 Å². The average molecular weight is 330 g/mol. The molecule has 1 N–H and O–H groups in total. The fourth-order valence-electron chi connectivity index (χ4n) is 1.87. The second kappa shape index (κ2) is 6.52. The zero-order valence-electron chi connectivity index (χ0n) is 12.1. The summed E-state index contributed by atoms with van der Waals surface area (Å²) in [6.07, 6.45) is -2.01. The Labute approximate surface area is 131 Å². The van der Waals surface area contributed by atoms with Gasteiger partial charge in [0, 0.05) is 17.6 Å². The Kier molecular flexibility index (Phi) is 4.90. The van der Waals surface area contributed by atoms with E-state index in [1.165, 1.54) is 12.1 Å². The van der Waals surface area contributed by atoms with Gasteiger partial charge in [-0.05, 0) is 36.6 Å². The first-order valence-corrected chi connectivity index (χ1v) is 7.15. The SMILES string of the molecule is CCC(C)c1ccnc(Nc2ccc(Cl)c(C(F)(F)F)c2)n1. The molecule has 0 saturated heterocycles. The Morgan fingerprint density at radius 1 is 1.27 bits per heavy atom. The van der Waals surface area contributed by atoms with Crippen LogP contribution in [-0.2, 0) is 6.18 Å². The molecule has 0 aliphatic carbocycles. The highest BCUT2D eigenvalue weighted by atomic mass is 35.5. The molecule has 1 unspecified atom stereocenters. The first-order chi connectivity index (χ1) is 10.3. The number of nitrogens with one attached hydrogen (secondary N) is 1. The van der Waals surface area contributed by atoms with Crippen molar-refractivity contribution >= 4 is 23.2 Å². The number of rotatable bonds is 4. The maximum absolute atomic E-state index is 12.8. The number of aromatic nitrogens is 2. The van der Waals surface area contributed by atoms with Crippen molar-refractivity contribution in [3.05, 3.63) is 46.7 Å². The molecule has 22 heavy (non-hydrogen) atoms. The number of nitrogens with zero attached hydrogens (tertiary/aromatic N) is 2. The molecule has 3 nitrogen and oxygen atoms in total. The van der Waals surface area contributed by atoms with Crippen LogP contribution in [0.25, 0.3) is 0 Å². The monoisotopic (exact) mass is 329 g/mol. The van der Waals surface area contributed by atoms with E-state index in [2.05, 4.69) is 15.3 Å². The molecule has 7 heteroatoms. The van der Waals surface area contributed by atoms with Gasteiger partial charge in [0.15, 0.2) is 0 Å². The van der Waals surface area contributed by atoms with Crippen LogP contribution in [0.1, 0.15) is 37.4 Å². The van der Waals surface area contributed by atoms with Gasteiger partial charge in [-0.1, -0.05) is 25.4 Å². The molecule has 0 amide bonds. The van der Waals surface area contributed by atoms with E-state index in [9.17, 15) is 13.2 Å². The van der Waals surface area contributed by atoms with E-state index >= 15 is 0 Å². The normalized spacial score (nSPS) is 13.0. The predicted molar refractivity (Wildman–Crippen MR) is 80.5 cm³/mol. The minimum atomic E-state index is -4.51. The molecule has 1 heterocycles. The fraction of sp³-hybridized carbons (Fsp3) is 0.333. The van der Waals surface area contributed by atoms with Gasteiger partial charge in [-0.3, -0.25) is 0 Å². The Bertz CT molecular complexity index is 659. The molecular weight excluding hydrogens is 315 g/mol. The third-order valence-electron chi connectivity index (χ3n) is 3.32. The Hall–Kier alpha value is -1.82. The molecule has 0 saturated carbocycles. The summed E-state index contributed by atoms with van der Waals surface area (Å²) in [4.78, 5) is 8.35. The predicted octanol–water partition coefficient (Wildman–Crippen LogP) is 5.41. The fourth-order valence-corrected chi connectivity index (χ4v) is 2.09. The molecule has 0 radical (unpaired) electrons. The average Bonchev–Trinajstić information content (AvgIpc) is 2.47. The highest BCUT2D eigenvalue weighted by Gasteiger charge is 2.33. The maximum atomic E-state index is 12.8. The molecule has 0 bridgehead atoms. The van der Waals surface area contributed by atoms with Gasteiger partial charge in [-0.15, -0.1) is 0 Å². The van der Waals surface area contributed by atoms with Gasteiger partial charge >= 0.3 is 6.18 Å². The lowest BCUT2D eigenvalue weighted by Gasteiger charge is -2.13. The van der Waals surface area contributed by atoms with Gasteiger partial charge < -0.3 is 5.32 Å². The summed E-state index contributed by atoms with van der Waals surface area (Å²) in [7, 11) is 0. The largest absolute Gasteiger partial charge is 0.417 e. The van der Waals surface area contributed by atoms with Crippen LogP contribution in [0.2, 0.25) is 5.02 Å². The summed E-state index contributed by atoms with van der Waals surface area (Å²) < 4.78 is 38.5. The molecular formula is C15H15ClF3N3. The summed E-state index contributed by atoms with van der Waals surface area (Å²) >= 11 is 5.59. The van der Waals surface area contributed by atoms with Gasteiger partial charge in [0.05, 0.1) is 10.6 Å². The van der Waals surface area contributed by atoms with Crippen molar-refractivity contribution in [1.29, 1.82) is 0 Å². The first kappa shape index (κ1) is 16.5. The molecule has 0 aliphatic heterocycles. The first-order valence-electron chi connectivity index (χ1n) is 6.78. The number of benzene rings is 1. The lowest BCUT2D eigenvalue weighted by Crippen LogP contribution is -2.07. The number of hydrogen-bond acceptors (Lipinski definition) is 3. The minimum Gasteiger partial charge on any atom is -0.324 e. The van der Waals surface area contributed by atoms with Crippen molar-refractivity contribution in [2.24, 2.45) is 0 Å². The highest BCUT2D eigenvalue weighted by Crippen LogP contribution is 2.36. The molecule has 1 aromatic carbocycles. The summed E-state index contributed by atoms with van der Waals surface area (Å²) in [5.41, 5.74) is 0.181. The van der Waals surface area contributed by atoms with E-state index < -0.39 is 11.7 Å². The Morgan fingerprint density at radius 3 is 2.64 bits per heavy atom. The maximum Gasteiger partial charge on any atom is 0.417 e. The van der Waals surface area contributed by atoms with Crippen molar-refractivity contribution in [2.75, 3.05) is 5.32 Å². The van der Waals surface area contributed by atoms with Gasteiger partial charge in [-0.25, -0.2) is 9.97 Å². The molecule has 2 rings (SSSR count). The third kappa shape index (κ3) is 3.88. The number of hydrogen-bond donors (Lipinski definition) is 1. The number of anilines is 2. The molecule has 0 spiro atoms. The van der Waals surface area contributed by atoms with E-state index in [1.54, 1.807) is 12.3 Å². The van der Waals surface area contributed by atoms with Crippen LogP contribution in [0.15, 0.2) is 30.5 Å². The van der Waals surface area contributed by atoms with Crippen LogP contribution in [0.4, 0.5) is 24.8 Å². The van der Waals surface area contributed by atoms with Crippen LogP contribution < -0.4 is 5.32 Å². The second-order valence-electron chi connectivity index (χ2n) is 4.93. The number of alkyl halides is 3. The van der Waals surface area contributed by atoms with Crippen LogP contribution in [-0.4, -0.2) is 9.97 Å². The highest BCUT2D eigenvalue weighted by molar-refractivity contribution is 6.31. The minimum absolute atomic E-state index is 0.234. The van der Waals surface area contributed by atoms with Crippen LogP contribution in [0.5, 0.6) is 0 Å². The lowest BCUT2D eigenvalue weighted by molar-refractivity contribution is -0.137. The second-order valence-corrected chi connectivity index (χ2v) is 5.34. The standard InChI is InChI=1S/C15H15ClF3N3/c1-3-9(2)13-6-7-20-14(22-13)21-10-4-5-12(16)11(8-10)15(17,18)19/h4-9H,3H2,1-2H3,(H,20,21,22). The summed E-state index contributed by atoms with van der Waals surface area (Å²) in [5.74, 6) is 0.507. The van der Waals surface area contributed by atoms with Crippen LogP contribution in [0, 0.1) is 0 Å². The van der Waals surface area contributed by atoms with Gasteiger partial charge in [0.25, 0.3) is 0 Å². The van der Waals surface area contributed by atoms with Gasteiger partial charge in [0.1, 0.15) is 0 Å². The van der Waals surface area contributed by atoms with Crippen LogP contribution in [0.3, 0.4) is 0 Å². The molecule has 1 aromatic heterocycles. The molecule has 118 valence electrons. The van der Waals surface area contributed by atoms with E-state index in [0.717, 1.165) is 18.2 Å². The quantitative estimate of drug-likeness (QED) is 0.815. The van der Waals surface area contributed by atoms with Crippen molar-refractivity contribution < 1.29 is 13.2 Å². The Balaban J connectivity index is 2.28. The Morgan fingerprint density at radius 2 is 2.00 bits per heavy atom. The third-order valence-corrected chi connectivity index (χ3v) is 3.65. The lowest BCUT2D eigenvalue weighted by atomic mass is 10.1. The topological polar surface area (TPSA) is 37.8 Å². The molecule has 2 aromatic rings. The summed E-state index contributed by atoms with van der Waals surface area (Å²) in [6.45, 7) is 4.06. The van der Waals surface area contributed by atoms with Gasteiger partial charge in [-0.2, -0.15) is 13.2 Å². The van der Waals surface area contributed by atoms with Crippen molar-refractivity contribution in [3.63, 3.8) is 0 Å². The summed E-state index contributed by atoms with van der Waals surface area (Å²) in [6, 6.07) is 5.39. The van der Waals surface area contributed by atoms with Crippen molar-refractivity contribution in [2.45, 2.75) is 32.4 Å². The zero-order chi connectivity index (χ0) is 16.3. The van der Waals surface area contributed by atoms with E-state index in [0.29, 0.717) is 0 Å². The summed E-state index contributed by atoms with van der Waals surface area (Å²) in [5, 5.41) is 2.44.